The van der Waals surface area contributed by atoms with Gasteiger partial charge in [-0.15, -0.1) is 11.3 Å². The average Bonchev–Trinajstić information content (AvgIpc) is 2.93. The minimum Gasteiger partial charge on any atom is -0.480 e. The first-order valence-corrected chi connectivity index (χ1v) is 7.96. The highest BCUT2D eigenvalue weighted by molar-refractivity contribution is 7.12. The Morgan fingerprint density at radius 1 is 1.48 bits per heavy atom. The number of hydrogen-bond donors (Lipinski definition) is 2. The normalized spacial score (nSPS) is 23.1. The molecule has 0 aromatic carbocycles. The number of rotatable bonds is 3. The van der Waals surface area contributed by atoms with Crippen LogP contribution in [0.1, 0.15) is 48.0 Å². The lowest BCUT2D eigenvalue weighted by molar-refractivity contribution is -0.147. The number of carbonyl (C=O) groups excluding carboxylic acids is 1. The van der Waals surface area contributed by atoms with Crippen LogP contribution < -0.4 is 5.32 Å². The second-order valence-electron chi connectivity index (χ2n) is 5.87. The summed E-state index contributed by atoms with van der Waals surface area (Å²) in [6, 6.07) is 1.65. The summed E-state index contributed by atoms with van der Waals surface area (Å²) in [5, 5.41) is 12.3. The lowest BCUT2D eigenvalue weighted by atomic mass is 10.00. The molecule has 1 aliphatic heterocycles. The first-order valence-electron chi connectivity index (χ1n) is 7.14. The van der Waals surface area contributed by atoms with Gasteiger partial charge < -0.3 is 15.3 Å². The van der Waals surface area contributed by atoms with Gasteiger partial charge in [0.2, 0.25) is 0 Å². The summed E-state index contributed by atoms with van der Waals surface area (Å²) in [5.41, 5.74) is 0.00531. The monoisotopic (exact) mass is 310 g/mol. The molecule has 0 radical (unpaired) electrons. The third-order valence-electron chi connectivity index (χ3n) is 4.23. The molecule has 2 heterocycles. The summed E-state index contributed by atoms with van der Waals surface area (Å²) >= 11 is 1.70. The van der Waals surface area contributed by atoms with Crippen LogP contribution in [0.25, 0.3) is 0 Å². The maximum Gasteiger partial charge on any atom is 0.329 e. The molecule has 0 aliphatic carbocycles. The summed E-state index contributed by atoms with van der Waals surface area (Å²) in [6.07, 6.45) is 1.22. The molecule has 1 saturated heterocycles. The van der Waals surface area contributed by atoms with Crippen LogP contribution in [-0.2, 0) is 4.79 Å². The molecule has 0 bridgehead atoms. The van der Waals surface area contributed by atoms with Crippen LogP contribution in [0.15, 0.2) is 6.07 Å². The van der Waals surface area contributed by atoms with Gasteiger partial charge in [-0.1, -0.05) is 0 Å². The molecule has 1 fully saturated rings. The van der Waals surface area contributed by atoms with Gasteiger partial charge in [-0.3, -0.25) is 0 Å². The number of aliphatic carboxylic acids is 1. The molecule has 1 aromatic rings. The maximum absolute atomic E-state index is 12.4. The van der Waals surface area contributed by atoms with Crippen LogP contribution in [0.3, 0.4) is 0 Å². The highest BCUT2D eigenvalue weighted by Crippen LogP contribution is 2.31. The van der Waals surface area contributed by atoms with E-state index in [4.69, 9.17) is 0 Å². The lowest BCUT2D eigenvalue weighted by Gasteiger charge is -2.32. The Morgan fingerprint density at radius 2 is 2.14 bits per heavy atom. The maximum atomic E-state index is 12.4. The van der Waals surface area contributed by atoms with Gasteiger partial charge in [0.1, 0.15) is 5.54 Å². The largest absolute Gasteiger partial charge is 0.480 e. The van der Waals surface area contributed by atoms with E-state index in [0.717, 1.165) is 12.0 Å². The van der Waals surface area contributed by atoms with Crippen LogP contribution in [0, 0.1) is 13.8 Å². The fourth-order valence-corrected chi connectivity index (χ4v) is 3.95. The summed E-state index contributed by atoms with van der Waals surface area (Å²) in [5.74, 6) is -0.939. The van der Waals surface area contributed by atoms with Crippen LogP contribution in [-0.4, -0.2) is 34.1 Å². The molecule has 2 atom stereocenters. The zero-order valence-electron chi connectivity index (χ0n) is 12.9. The smallest absolute Gasteiger partial charge is 0.329 e. The average molecular weight is 310 g/mol. The number of carboxylic acids is 1. The Morgan fingerprint density at radius 3 is 2.67 bits per heavy atom. The van der Waals surface area contributed by atoms with E-state index in [1.165, 1.54) is 14.7 Å². The van der Waals surface area contributed by atoms with E-state index in [0.29, 0.717) is 13.0 Å². The van der Waals surface area contributed by atoms with Crippen molar-refractivity contribution >= 4 is 23.3 Å². The molecule has 2 unspecified atom stereocenters. The molecular weight excluding hydrogens is 288 g/mol. The third-order valence-corrected chi connectivity index (χ3v) is 5.21. The summed E-state index contributed by atoms with van der Waals surface area (Å²) < 4.78 is 0. The van der Waals surface area contributed by atoms with E-state index < -0.39 is 11.5 Å². The topological polar surface area (TPSA) is 69.6 Å². The van der Waals surface area contributed by atoms with Gasteiger partial charge in [0.15, 0.2) is 0 Å². The third kappa shape index (κ3) is 2.90. The highest BCUT2D eigenvalue weighted by atomic mass is 32.1. The number of urea groups is 1. The Labute approximate surface area is 129 Å². The Balaban J connectivity index is 2.11. The quantitative estimate of drug-likeness (QED) is 0.901. The number of nitrogens with zero attached hydrogens (tertiary/aromatic N) is 1. The van der Waals surface area contributed by atoms with Crippen LogP contribution in [0.4, 0.5) is 4.79 Å². The van der Waals surface area contributed by atoms with E-state index in [1.54, 1.807) is 18.3 Å². The van der Waals surface area contributed by atoms with Crippen LogP contribution in [0.2, 0.25) is 0 Å². The molecule has 0 spiro atoms. The van der Waals surface area contributed by atoms with E-state index in [9.17, 15) is 14.7 Å². The zero-order valence-corrected chi connectivity index (χ0v) is 13.7. The molecular formula is C15H22N2O3S. The van der Waals surface area contributed by atoms with E-state index in [2.05, 4.69) is 11.4 Å². The van der Waals surface area contributed by atoms with Crippen LogP contribution in [0.5, 0.6) is 0 Å². The van der Waals surface area contributed by atoms with Crippen molar-refractivity contribution in [2.75, 3.05) is 6.54 Å². The second kappa shape index (κ2) is 5.67. The van der Waals surface area contributed by atoms with E-state index in [1.807, 2.05) is 20.8 Å². The van der Waals surface area contributed by atoms with Crippen molar-refractivity contribution in [3.8, 4) is 0 Å². The molecule has 1 aromatic heterocycles. The number of carbonyl (C=O) groups is 2. The van der Waals surface area contributed by atoms with Gasteiger partial charge in [-0.2, -0.15) is 0 Å². The minimum atomic E-state index is -1.09. The molecule has 21 heavy (non-hydrogen) atoms. The second-order valence-corrected chi connectivity index (χ2v) is 7.33. The molecule has 2 N–H and O–H groups in total. The molecule has 2 rings (SSSR count). The van der Waals surface area contributed by atoms with Gasteiger partial charge in [0, 0.05) is 16.3 Å². The van der Waals surface area contributed by atoms with Crippen molar-refractivity contribution in [3.05, 3.63) is 21.4 Å². The van der Waals surface area contributed by atoms with Gasteiger partial charge in [-0.25, -0.2) is 9.59 Å². The van der Waals surface area contributed by atoms with Crippen molar-refractivity contribution in [3.63, 3.8) is 0 Å². The fraction of sp³-hybridized carbons (Fsp3) is 0.600. The first-order chi connectivity index (χ1) is 9.75. The van der Waals surface area contributed by atoms with Gasteiger partial charge in [-0.05, 0) is 52.2 Å². The SMILES string of the molecule is Cc1cc(C(C)NC(=O)N2CCCC2(C)C(=O)O)c(C)s1. The molecule has 0 saturated carbocycles. The molecule has 1 aliphatic rings. The van der Waals surface area contributed by atoms with Gasteiger partial charge in [0.05, 0.1) is 6.04 Å². The van der Waals surface area contributed by atoms with Crippen molar-refractivity contribution in [1.82, 2.24) is 10.2 Å². The number of amides is 2. The number of hydrogen-bond acceptors (Lipinski definition) is 3. The summed E-state index contributed by atoms with van der Waals surface area (Å²) in [4.78, 5) is 27.7. The number of nitrogens with one attached hydrogen (secondary N) is 1. The summed E-state index contributed by atoms with van der Waals surface area (Å²) in [7, 11) is 0. The van der Waals surface area contributed by atoms with Gasteiger partial charge >= 0.3 is 12.0 Å². The van der Waals surface area contributed by atoms with Crippen LogP contribution >= 0.6 is 11.3 Å². The molecule has 5 nitrogen and oxygen atoms in total. The van der Waals surface area contributed by atoms with Gasteiger partial charge in [0.25, 0.3) is 0 Å². The Kier molecular flexibility index (Phi) is 4.27. The first kappa shape index (κ1) is 15.8. The Bertz CT molecular complexity index is 569. The number of carboxylic acid groups (broad SMARTS) is 1. The number of thiophene rings is 1. The van der Waals surface area contributed by atoms with Crippen molar-refractivity contribution in [2.45, 2.75) is 52.1 Å². The van der Waals surface area contributed by atoms with Crippen molar-refractivity contribution < 1.29 is 14.7 Å². The molecule has 2 amide bonds. The van der Waals surface area contributed by atoms with Crippen molar-refractivity contribution in [2.24, 2.45) is 0 Å². The highest BCUT2D eigenvalue weighted by Gasteiger charge is 2.46. The zero-order chi connectivity index (χ0) is 15.8. The number of likely N-dealkylation sites (tertiary alicyclic amines) is 1. The Hall–Kier alpha value is -1.56. The molecule has 6 heteroatoms. The molecule has 116 valence electrons. The predicted molar refractivity (Wildman–Crippen MR) is 82.7 cm³/mol. The van der Waals surface area contributed by atoms with Crippen molar-refractivity contribution in [1.29, 1.82) is 0 Å². The predicted octanol–water partition coefficient (Wildman–Crippen LogP) is 3.07. The standard InChI is InChI=1S/C15H22N2O3S/c1-9-8-12(11(3)21-9)10(2)16-14(20)17-7-5-6-15(17,4)13(18)19/h8,10H,5-7H2,1-4H3,(H,16,20)(H,18,19). The lowest BCUT2D eigenvalue weighted by Crippen LogP contribution is -2.54. The number of aryl methyl sites for hydroxylation is 2. The minimum absolute atomic E-state index is 0.124. The summed E-state index contributed by atoms with van der Waals surface area (Å²) in [6.45, 7) is 8.11. The van der Waals surface area contributed by atoms with E-state index >= 15 is 0 Å². The van der Waals surface area contributed by atoms with E-state index in [-0.39, 0.29) is 12.1 Å². The fourth-order valence-electron chi connectivity index (χ4n) is 2.93.